The van der Waals surface area contributed by atoms with E-state index in [1.54, 1.807) is 31.2 Å². The van der Waals surface area contributed by atoms with Gasteiger partial charge in [0, 0.05) is 11.1 Å². The molecular formula is C17H14ClNO4. The maximum Gasteiger partial charge on any atom is 0.352 e. The Morgan fingerprint density at radius 1 is 1.22 bits per heavy atom. The van der Waals surface area contributed by atoms with Gasteiger partial charge in [0.2, 0.25) is 0 Å². The maximum absolute atomic E-state index is 12.1. The molecule has 0 N–H and O–H groups in total. The second-order valence-corrected chi connectivity index (χ2v) is 5.05. The summed E-state index contributed by atoms with van der Waals surface area (Å²) in [6.45, 7) is 1.57. The largest absolute Gasteiger partial charge is 0.493 e. The monoisotopic (exact) mass is 331 g/mol. The molecule has 0 aliphatic carbocycles. The van der Waals surface area contributed by atoms with Crippen molar-refractivity contribution in [2.75, 3.05) is 7.11 Å². The van der Waals surface area contributed by atoms with E-state index in [2.05, 4.69) is 0 Å². The Kier molecular flexibility index (Phi) is 5.45. The summed E-state index contributed by atoms with van der Waals surface area (Å²) in [5, 5.41) is 9.37. The highest BCUT2D eigenvalue weighted by molar-refractivity contribution is 6.30. The number of esters is 1. The molecular weight excluding hydrogens is 318 g/mol. The van der Waals surface area contributed by atoms with Gasteiger partial charge in [0.25, 0.3) is 0 Å². The number of methoxy groups -OCH3 is 1. The standard InChI is InChI=1S/C17H14ClNO4/c1-11(22-14-5-3-4-13(18)9-14)17(20)23-15-7-6-12(10-19)8-16(15)21-2/h3-9,11H,1-2H3. The van der Waals surface area contributed by atoms with E-state index in [1.165, 1.54) is 25.3 Å². The fourth-order valence-corrected chi connectivity index (χ4v) is 1.99. The predicted molar refractivity (Wildman–Crippen MR) is 84.9 cm³/mol. The normalized spacial score (nSPS) is 11.2. The average molecular weight is 332 g/mol. The van der Waals surface area contributed by atoms with Crippen molar-refractivity contribution in [3.05, 3.63) is 53.1 Å². The molecule has 1 unspecified atom stereocenters. The van der Waals surface area contributed by atoms with Crippen molar-refractivity contribution in [2.24, 2.45) is 0 Å². The van der Waals surface area contributed by atoms with Crippen LogP contribution in [0.15, 0.2) is 42.5 Å². The first-order valence-corrected chi connectivity index (χ1v) is 7.13. The van der Waals surface area contributed by atoms with Gasteiger partial charge in [0.1, 0.15) is 5.75 Å². The third-order valence-corrected chi connectivity index (χ3v) is 3.18. The van der Waals surface area contributed by atoms with Gasteiger partial charge in [0.05, 0.1) is 18.7 Å². The van der Waals surface area contributed by atoms with Crippen molar-refractivity contribution in [1.29, 1.82) is 5.26 Å². The van der Waals surface area contributed by atoms with Gasteiger partial charge < -0.3 is 14.2 Å². The minimum Gasteiger partial charge on any atom is -0.493 e. The number of benzene rings is 2. The van der Waals surface area contributed by atoms with Crippen LogP contribution in [0.1, 0.15) is 12.5 Å². The van der Waals surface area contributed by atoms with Gasteiger partial charge in [-0.25, -0.2) is 4.79 Å². The first kappa shape index (κ1) is 16.7. The summed E-state index contributed by atoms with van der Waals surface area (Å²) in [5.74, 6) is 0.395. The Hall–Kier alpha value is -2.71. The van der Waals surface area contributed by atoms with Gasteiger partial charge in [-0.1, -0.05) is 17.7 Å². The van der Waals surface area contributed by atoms with Gasteiger partial charge in [-0.05, 0) is 37.3 Å². The number of rotatable bonds is 5. The van der Waals surface area contributed by atoms with Crippen LogP contribution in [0.2, 0.25) is 5.02 Å². The van der Waals surface area contributed by atoms with Gasteiger partial charge in [0.15, 0.2) is 17.6 Å². The molecule has 0 amide bonds. The van der Waals surface area contributed by atoms with Crippen LogP contribution in [0.25, 0.3) is 0 Å². The van der Waals surface area contributed by atoms with Crippen LogP contribution in [0, 0.1) is 11.3 Å². The lowest BCUT2D eigenvalue weighted by atomic mass is 10.2. The number of halogens is 1. The van der Waals surface area contributed by atoms with Crippen LogP contribution in [-0.2, 0) is 4.79 Å². The zero-order valence-electron chi connectivity index (χ0n) is 12.6. The molecule has 0 saturated heterocycles. The molecule has 1 atom stereocenters. The number of hydrogen-bond donors (Lipinski definition) is 0. The topological polar surface area (TPSA) is 68.5 Å². The number of carbonyl (C=O) groups is 1. The van der Waals surface area contributed by atoms with Crippen molar-refractivity contribution in [3.8, 4) is 23.3 Å². The molecule has 0 saturated carbocycles. The van der Waals surface area contributed by atoms with Crippen molar-refractivity contribution < 1.29 is 19.0 Å². The maximum atomic E-state index is 12.1. The van der Waals surface area contributed by atoms with Crippen LogP contribution in [-0.4, -0.2) is 19.2 Å². The average Bonchev–Trinajstić information content (AvgIpc) is 2.55. The van der Waals surface area contributed by atoms with E-state index < -0.39 is 12.1 Å². The quantitative estimate of drug-likeness (QED) is 0.618. The third kappa shape index (κ3) is 4.38. The fourth-order valence-electron chi connectivity index (χ4n) is 1.81. The molecule has 0 radical (unpaired) electrons. The van der Waals surface area contributed by atoms with E-state index in [0.717, 1.165) is 0 Å². The molecule has 2 rings (SSSR count). The molecule has 2 aromatic rings. The Morgan fingerprint density at radius 2 is 2.00 bits per heavy atom. The van der Waals surface area contributed by atoms with Gasteiger partial charge >= 0.3 is 5.97 Å². The predicted octanol–water partition coefficient (Wildman–Crippen LogP) is 3.59. The molecule has 118 valence electrons. The lowest BCUT2D eigenvalue weighted by molar-refractivity contribution is -0.141. The number of nitriles is 1. The Labute approximate surface area is 139 Å². The summed E-state index contributed by atoms with van der Waals surface area (Å²) in [6, 6.07) is 13.2. The fraction of sp³-hybridized carbons (Fsp3) is 0.176. The first-order chi connectivity index (χ1) is 11.0. The second kappa shape index (κ2) is 7.52. The second-order valence-electron chi connectivity index (χ2n) is 4.62. The Bertz CT molecular complexity index is 754. The summed E-state index contributed by atoms with van der Waals surface area (Å²) in [7, 11) is 1.43. The lowest BCUT2D eigenvalue weighted by Gasteiger charge is -2.15. The van der Waals surface area contributed by atoms with Crippen molar-refractivity contribution in [3.63, 3.8) is 0 Å². The minimum atomic E-state index is -0.839. The van der Waals surface area contributed by atoms with Crippen LogP contribution < -0.4 is 14.2 Å². The molecule has 0 bridgehead atoms. The number of carbonyl (C=O) groups excluding carboxylic acids is 1. The van der Waals surface area contributed by atoms with E-state index in [4.69, 9.17) is 31.1 Å². The summed E-state index contributed by atoms with van der Waals surface area (Å²) in [6.07, 6.45) is -0.839. The zero-order valence-corrected chi connectivity index (χ0v) is 13.3. The highest BCUT2D eigenvalue weighted by Crippen LogP contribution is 2.28. The molecule has 2 aromatic carbocycles. The molecule has 0 aliphatic rings. The number of ether oxygens (including phenoxy) is 3. The Morgan fingerprint density at radius 3 is 2.65 bits per heavy atom. The van der Waals surface area contributed by atoms with E-state index in [9.17, 15) is 4.79 Å². The van der Waals surface area contributed by atoms with E-state index in [1.807, 2.05) is 6.07 Å². The van der Waals surface area contributed by atoms with Crippen molar-refractivity contribution in [2.45, 2.75) is 13.0 Å². The van der Waals surface area contributed by atoms with Crippen molar-refractivity contribution in [1.82, 2.24) is 0 Å². The highest BCUT2D eigenvalue weighted by Gasteiger charge is 2.19. The van der Waals surface area contributed by atoms with Gasteiger partial charge in [-0.2, -0.15) is 5.26 Å². The summed E-state index contributed by atoms with van der Waals surface area (Å²) in [5.41, 5.74) is 0.407. The number of hydrogen-bond acceptors (Lipinski definition) is 5. The van der Waals surface area contributed by atoms with Gasteiger partial charge in [-0.3, -0.25) is 0 Å². The van der Waals surface area contributed by atoms with Crippen LogP contribution in [0.5, 0.6) is 17.2 Å². The smallest absolute Gasteiger partial charge is 0.352 e. The van der Waals surface area contributed by atoms with E-state index >= 15 is 0 Å². The highest BCUT2D eigenvalue weighted by atomic mass is 35.5. The lowest BCUT2D eigenvalue weighted by Crippen LogP contribution is -2.28. The molecule has 0 fully saturated rings. The number of nitrogens with zero attached hydrogens (tertiary/aromatic N) is 1. The molecule has 0 aliphatic heterocycles. The van der Waals surface area contributed by atoms with E-state index in [0.29, 0.717) is 22.1 Å². The molecule has 6 heteroatoms. The third-order valence-electron chi connectivity index (χ3n) is 2.94. The minimum absolute atomic E-state index is 0.220. The van der Waals surface area contributed by atoms with Crippen molar-refractivity contribution >= 4 is 17.6 Å². The zero-order chi connectivity index (χ0) is 16.8. The molecule has 0 heterocycles. The van der Waals surface area contributed by atoms with Crippen LogP contribution in [0.4, 0.5) is 0 Å². The molecule has 23 heavy (non-hydrogen) atoms. The van der Waals surface area contributed by atoms with Gasteiger partial charge in [-0.15, -0.1) is 0 Å². The Balaban J connectivity index is 2.08. The molecule has 0 aromatic heterocycles. The van der Waals surface area contributed by atoms with Crippen LogP contribution in [0.3, 0.4) is 0 Å². The summed E-state index contributed by atoms with van der Waals surface area (Å²) >= 11 is 5.87. The van der Waals surface area contributed by atoms with E-state index in [-0.39, 0.29) is 5.75 Å². The summed E-state index contributed by atoms with van der Waals surface area (Å²) in [4.78, 5) is 12.1. The SMILES string of the molecule is COc1cc(C#N)ccc1OC(=O)C(C)Oc1cccc(Cl)c1. The first-order valence-electron chi connectivity index (χ1n) is 6.75. The molecule has 0 spiro atoms. The summed E-state index contributed by atoms with van der Waals surface area (Å²) < 4.78 is 15.9. The van der Waals surface area contributed by atoms with Crippen LogP contribution >= 0.6 is 11.6 Å². The molecule has 5 nitrogen and oxygen atoms in total.